The highest BCUT2D eigenvalue weighted by Gasteiger charge is 2.62. The van der Waals surface area contributed by atoms with E-state index in [1.54, 1.807) is 0 Å². The average Bonchev–Trinajstić information content (AvgIpc) is 2.51. The third kappa shape index (κ3) is 2.32. The monoisotopic (exact) mass is 405 g/mol. The molecule has 2 N–H and O–H groups in total. The van der Waals surface area contributed by atoms with Crippen LogP contribution in [0.2, 0.25) is 0 Å². The number of carbonyl (C=O) groups is 3. The van der Waals surface area contributed by atoms with Crippen LogP contribution in [0, 0.1) is 17.3 Å². The number of carbonyl (C=O) groups excluding carboxylic acids is 3. The molecule has 0 radical (unpaired) electrons. The molecule has 3 aliphatic heterocycles. The topological polar surface area (TPSA) is 78.5 Å². The Morgan fingerprint density at radius 2 is 1.84 bits per heavy atom. The average molecular weight is 406 g/mol. The molecule has 2 saturated heterocycles. The molecule has 1 spiro atoms. The maximum Gasteiger partial charge on any atom is 0.328 e. The first-order valence-electron chi connectivity index (χ1n) is 8.55. The molecule has 3 heterocycles. The van der Waals surface area contributed by atoms with Crippen molar-refractivity contribution >= 4 is 39.5 Å². The molecule has 1 aromatic rings. The summed E-state index contributed by atoms with van der Waals surface area (Å²) >= 11 is 3.48. The van der Waals surface area contributed by atoms with Crippen LogP contribution < -0.4 is 15.5 Å². The van der Waals surface area contributed by atoms with Crippen LogP contribution in [0.15, 0.2) is 22.7 Å². The third-order valence-corrected chi connectivity index (χ3v) is 6.24. The van der Waals surface area contributed by atoms with Gasteiger partial charge < -0.3 is 4.90 Å². The molecular formula is C18H20BrN3O3. The first-order valence-corrected chi connectivity index (χ1v) is 9.34. The van der Waals surface area contributed by atoms with Crippen molar-refractivity contribution in [2.75, 3.05) is 11.4 Å². The number of hydrogen-bond acceptors (Lipinski definition) is 4. The van der Waals surface area contributed by atoms with Crippen LogP contribution in [-0.4, -0.2) is 30.4 Å². The summed E-state index contributed by atoms with van der Waals surface area (Å²) in [5, 5.41) is 4.66. The van der Waals surface area contributed by atoms with Gasteiger partial charge in [0.1, 0.15) is 0 Å². The molecule has 2 fully saturated rings. The van der Waals surface area contributed by atoms with Crippen molar-refractivity contribution in [3.63, 3.8) is 0 Å². The Morgan fingerprint density at radius 3 is 2.52 bits per heavy atom. The Bertz CT molecular complexity index is 774. The largest absolute Gasteiger partial charge is 0.366 e. The lowest BCUT2D eigenvalue weighted by atomic mass is 9.62. The summed E-state index contributed by atoms with van der Waals surface area (Å²) < 4.78 is 0.908. The lowest BCUT2D eigenvalue weighted by Gasteiger charge is -2.55. The molecule has 4 amide bonds. The number of anilines is 1. The molecule has 0 saturated carbocycles. The fraction of sp³-hybridized carbons (Fsp3) is 0.500. The predicted molar refractivity (Wildman–Crippen MR) is 96.0 cm³/mol. The molecule has 25 heavy (non-hydrogen) atoms. The zero-order valence-corrected chi connectivity index (χ0v) is 15.7. The summed E-state index contributed by atoms with van der Waals surface area (Å²) in [7, 11) is 0. The van der Waals surface area contributed by atoms with Crippen LogP contribution in [0.25, 0.3) is 0 Å². The van der Waals surface area contributed by atoms with Gasteiger partial charge in [-0.3, -0.25) is 20.2 Å². The lowest BCUT2D eigenvalue weighted by Crippen LogP contribution is -2.73. The van der Waals surface area contributed by atoms with E-state index in [1.165, 1.54) is 0 Å². The minimum atomic E-state index is -1.28. The zero-order valence-electron chi connectivity index (χ0n) is 14.1. The smallest absolute Gasteiger partial charge is 0.328 e. The van der Waals surface area contributed by atoms with Gasteiger partial charge in [0.15, 0.2) is 5.41 Å². The summed E-state index contributed by atoms with van der Waals surface area (Å²) in [6.45, 7) is 5.08. The minimum absolute atomic E-state index is 0.158. The van der Waals surface area contributed by atoms with E-state index in [0.29, 0.717) is 12.3 Å². The predicted octanol–water partition coefficient (Wildman–Crippen LogP) is 2.21. The number of hydrogen-bond donors (Lipinski definition) is 2. The molecule has 0 bridgehead atoms. The Balaban J connectivity index is 1.92. The number of nitrogens with zero attached hydrogens (tertiary/aromatic N) is 1. The molecule has 3 unspecified atom stereocenters. The van der Waals surface area contributed by atoms with E-state index in [-0.39, 0.29) is 12.0 Å². The van der Waals surface area contributed by atoms with Gasteiger partial charge in [0.2, 0.25) is 11.8 Å². The molecule has 3 atom stereocenters. The van der Waals surface area contributed by atoms with E-state index in [0.717, 1.165) is 28.7 Å². The normalized spacial score (nSPS) is 30.4. The highest BCUT2D eigenvalue weighted by Crippen LogP contribution is 2.49. The number of urea groups is 1. The van der Waals surface area contributed by atoms with E-state index in [1.807, 2.05) is 18.2 Å². The second kappa shape index (κ2) is 5.56. The fourth-order valence-corrected chi connectivity index (χ4v) is 5.38. The van der Waals surface area contributed by atoms with Crippen LogP contribution in [0.5, 0.6) is 0 Å². The van der Waals surface area contributed by atoms with Gasteiger partial charge in [0, 0.05) is 16.7 Å². The van der Waals surface area contributed by atoms with Crippen LogP contribution in [0.3, 0.4) is 0 Å². The van der Waals surface area contributed by atoms with Crippen molar-refractivity contribution < 1.29 is 14.4 Å². The first-order chi connectivity index (χ1) is 11.8. The molecule has 3 aliphatic rings. The maximum absolute atomic E-state index is 12.9. The molecule has 7 heteroatoms. The maximum atomic E-state index is 12.9. The van der Waals surface area contributed by atoms with Gasteiger partial charge in [-0.15, -0.1) is 0 Å². The Labute approximate surface area is 154 Å². The van der Waals surface area contributed by atoms with Crippen LogP contribution in [-0.2, 0) is 16.0 Å². The van der Waals surface area contributed by atoms with E-state index >= 15 is 0 Å². The fourth-order valence-electron chi connectivity index (χ4n) is 4.97. The number of halogens is 1. The van der Waals surface area contributed by atoms with Gasteiger partial charge >= 0.3 is 6.03 Å². The van der Waals surface area contributed by atoms with Gasteiger partial charge in [-0.1, -0.05) is 29.8 Å². The summed E-state index contributed by atoms with van der Waals surface area (Å²) in [5.41, 5.74) is 0.752. The SMILES string of the molecule is CC1CC(C)C2N(C1)c1ccc(Br)cc1CC21C(=O)NC(=O)NC1=O. The molecular weight excluding hydrogens is 386 g/mol. The number of amides is 4. The van der Waals surface area contributed by atoms with Gasteiger partial charge in [-0.2, -0.15) is 0 Å². The van der Waals surface area contributed by atoms with Crippen molar-refractivity contribution in [1.82, 2.24) is 10.6 Å². The van der Waals surface area contributed by atoms with Crippen molar-refractivity contribution in [3.05, 3.63) is 28.2 Å². The van der Waals surface area contributed by atoms with Gasteiger partial charge in [-0.25, -0.2) is 4.79 Å². The number of fused-ring (bicyclic) bond motifs is 4. The third-order valence-electron chi connectivity index (χ3n) is 5.75. The number of piperidine rings is 1. The number of rotatable bonds is 0. The molecule has 0 aromatic heterocycles. The van der Waals surface area contributed by atoms with Crippen LogP contribution in [0.4, 0.5) is 10.5 Å². The highest BCUT2D eigenvalue weighted by molar-refractivity contribution is 9.10. The summed E-state index contributed by atoms with van der Waals surface area (Å²) in [5.74, 6) is -0.342. The van der Waals surface area contributed by atoms with Crippen LogP contribution >= 0.6 is 15.9 Å². The number of nitrogens with one attached hydrogen (secondary N) is 2. The molecule has 6 nitrogen and oxygen atoms in total. The second-order valence-electron chi connectivity index (χ2n) is 7.57. The first kappa shape index (κ1) is 16.6. The second-order valence-corrected chi connectivity index (χ2v) is 8.49. The Kier molecular flexibility index (Phi) is 3.68. The molecule has 4 rings (SSSR count). The van der Waals surface area contributed by atoms with Crippen LogP contribution in [0.1, 0.15) is 25.8 Å². The van der Waals surface area contributed by atoms with Gasteiger partial charge in [0.05, 0.1) is 6.04 Å². The summed E-state index contributed by atoms with van der Waals surface area (Å²) in [4.78, 5) is 39.7. The summed E-state index contributed by atoms with van der Waals surface area (Å²) in [6.07, 6.45) is 1.25. The Hall–Kier alpha value is -1.89. The Morgan fingerprint density at radius 1 is 1.16 bits per heavy atom. The molecule has 1 aromatic carbocycles. The number of benzene rings is 1. The number of imide groups is 2. The van der Waals surface area contributed by atoms with E-state index < -0.39 is 23.3 Å². The van der Waals surface area contributed by atoms with Crippen molar-refractivity contribution in [2.45, 2.75) is 32.7 Å². The van der Waals surface area contributed by atoms with Crippen molar-refractivity contribution in [3.8, 4) is 0 Å². The van der Waals surface area contributed by atoms with E-state index in [9.17, 15) is 14.4 Å². The quantitative estimate of drug-likeness (QED) is 0.648. The van der Waals surface area contributed by atoms with Gasteiger partial charge in [-0.05, 0) is 48.4 Å². The van der Waals surface area contributed by atoms with E-state index in [4.69, 9.17) is 0 Å². The van der Waals surface area contributed by atoms with Crippen molar-refractivity contribution in [2.24, 2.45) is 17.3 Å². The highest BCUT2D eigenvalue weighted by atomic mass is 79.9. The lowest BCUT2D eigenvalue weighted by molar-refractivity contribution is -0.148. The van der Waals surface area contributed by atoms with E-state index in [2.05, 4.69) is 45.3 Å². The molecule has 0 aliphatic carbocycles. The van der Waals surface area contributed by atoms with Crippen molar-refractivity contribution in [1.29, 1.82) is 0 Å². The van der Waals surface area contributed by atoms with Gasteiger partial charge in [0.25, 0.3) is 0 Å². The molecule has 132 valence electrons. The standard InChI is InChI=1S/C18H20BrN3O3/c1-9-5-10(2)14-18(15(23)20-17(25)21-16(18)24)7-11-6-12(19)3-4-13(11)22(14)8-9/h3-4,6,9-10,14H,5,7-8H2,1-2H3,(H2,20,21,23,24,25). The minimum Gasteiger partial charge on any atom is -0.366 e. The number of barbiturate groups is 1. The zero-order chi connectivity index (χ0) is 17.9. The summed E-state index contributed by atoms with van der Waals surface area (Å²) in [6, 6.07) is 5.01.